The van der Waals surface area contributed by atoms with E-state index in [-0.39, 0.29) is 28.1 Å². The zero-order valence-electron chi connectivity index (χ0n) is 12.2. The van der Waals surface area contributed by atoms with Crippen LogP contribution in [0.3, 0.4) is 0 Å². The number of nitro benzene ring substituents is 1. The number of hydrogen-bond acceptors (Lipinski definition) is 6. The summed E-state index contributed by atoms with van der Waals surface area (Å²) in [5.74, 6) is 3.75. The number of nitrogen functional groups attached to an aromatic ring is 1. The van der Waals surface area contributed by atoms with Gasteiger partial charge in [0.2, 0.25) is 0 Å². The molecule has 0 bridgehead atoms. The average Bonchev–Trinajstić information content (AvgIpc) is 2.60. The van der Waals surface area contributed by atoms with Crippen molar-refractivity contribution >= 4 is 29.5 Å². The first kappa shape index (κ1) is 16.8. The van der Waals surface area contributed by atoms with E-state index in [1.54, 1.807) is 0 Å². The maximum atomic E-state index is 12.2. The van der Waals surface area contributed by atoms with Crippen LogP contribution in [-0.4, -0.2) is 23.0 Å². The zero-order chi connectivity index (χ0) is 17.7. The van der Waals surface area contributed by atoms with Crippen LogP contribution in [0.15, 0.2) is 42.5 Å². The van der Waals surface area contributed by atoms with Crippen molar-refractivity contribution in [2.45, 2.75) is 0 Å². The molecule has 2 amide bonds. The Kier molecular flexibility index (Phi) is 4.97. The lowest BCUT2D eigenvalue weighted by Gasteiger charge is -2.12. The van der Waals surface area contributed by atoms with Gasteiger partial charge in [-0.15, -0.1) is 0 Å². The monoisotopic (exact) mass is 328 g/mol. The van der Waals surface area contributed by atoms with E-state index in [0.29, 0.717) is 6.29 Å². The molecule has 24 heavy (non-hydrogen) atoms. The van der Waals surface area contributed by atoms with E-state index in [1.165, 1.54) is 42.5 Å². The Morgan fingerprint density at radius 3 is 2.29 bits per heavy atom. The van der Waals surface area contributed by atoms with E-state index in [0.717, 1.165) is 0 Å². The number of anilines is 1. The minimum atomic E-state index is -0.739. The summed E-state index contributed by atoms with van der Waals surface area (Å²) in [5.41, 5.74) is 1.96. The van der Waals surface area contributed by atoms with Gasteiger partial charge in [0.15, 0.2) is 6.29 Å². The number of nitrogens with one attached hydrogen (secondary N) is 2. The highest BCUT2D eigenvalue weighted by atomic mass is 16.6. The van der Waals surface area contributed by atoms with Crippen molar-refractivity contribution < 1.29 is 19.3 Å². The third kappa shape index (κ3) is 3.42. The zero-order valence-corrected chi connectivity index (χ0v) is 12.2. The van der Waals surface area contributed by atoms with Crippen molar-refractivity contribution in [2.75, 3.05) is 5.32 Å². The number of aldehydes is 1. The number of nitro groups is 1. The normalized spacial score (nSPS) is 9.88. The van der Waals surface area contributed by atoms with Crippen LogP contribution in [0.5, 0.6) is 0 Å². The van der Waals surface area contributed by atoms with Crippen LogP contribution < -0.4 is 16.6 Å². The molecule has 0 saturated heterocycles. The van der Waals surface area contributed by atoms with Crippen LogP contribution in [0.25, 0.3) is 0 Å². The first-order valence-corrected chi connectivity index (χ1v) is 6.63. The van der Waals surface area contributed by atoms with Crippen molar-refractivity contribution in [1.82, 2.24) is 5.43 Å². The Hall–Kier alpha value is -3.59. The fraction of sp³-hybridized carbons (Fsp3) is 0. The van der Waals surface area contributed by atoms with Gasteiger partial charge in [0.1, 0.15) is 0 Å². The molecule has 122 valence electrons. The Labute approximate surface area is 135 Å². The van der Waals surface area contributed by atoms with E-state index >= 15 is 0 Å². The van der Waals surface area contributed by atoms with Gasteiger partial charge < -0.3 is 5.32 Å². The van der Waals surface area contributed by atoms with Gasteiger partial charge in [-0.2, -0.15) is 0 Å². The molecule has 4 N–H and O–H groups in total. The minimum absolute atomic E-state index is 0.0550. The van der Waals surface area contributed by atoms with Crippen molar-refractivity contribution in [2.24, 2.45) is 5.84 Å². The SMILES string of the molecule is NNC(=O)c1c(C=O)cccc1NC(=O)c1ccc([N+](=O)[O-])cc1. The van der Waals surface area contributed by atoms with Gasteiger partial charge in [0, 0.05) is 23.3 Å². The molecule has 0 aliphatic rings. The summed E-state index contributed by atoms with van der Waals surface area (Å²) in [6, 6.07) is 9.25. The number of benzene rings is 2. The number of carbonyl (C=O) groups excluding carboxylic acids is 3. The number of hydrazine groups is 1. The van der Waals surface area contributed by atoms with Crippen LogP contribution in [0, 0.1) is 10.1 Å². The largest absolute Gasteiger partial charge is 0.321 e. The maximum absolute atomic E-state index is 12.2. The predicted octanol–water partition coefficient (Wildman–Crippen LogP) is 1.26. The van der Waals surface area contributed by atoms with Gasteiger partial charge in [-0.1, -0.05) is 12.1 Å². The molecule has 0 aromatic heterocycles. The quantitative estimate of drug-likeness (QED) is 0.248. The van der Waals surface area contributed by atoms with Gasteiger partial charge in [-0.25, -0.2) is 5.84 Å². The molecule has 0 aliphatic carbocycles. The first-order chi connectivity index (χ1) is 11.5. The highest BCUT2D eigenvalue weighted by Crippen LogP contribution is 2.20. The Balaban J connectivity index is 2.33. The van der Waals surface area contributed by atoms with Crippen LogP contribution in [0.2, 0.25) is 0 Å². The van der Waals surface area contributed by atoms with Gasteiger partial charge in [-0.3, -0.25) is 29.9 Å². The number of amides is 2. The number of nitrogens with two attached hydrogens (primary N) is 1. The molecule has 0 fully saturated rings. The molecule has 2 rings (SSSR count). The lowest BCUT2D eigenvalue weighted by atomic mass is 10.0. The van der Waals surface area contributed by atoms with Crippen molar-refractivity contribution in [3.8, 4) is 0 Å². The van der Waals surface area contributed by atoms with Gasteiger partial charge in [0.25, 0.3) is 17.5 Å². The third-order valence-corrected chi connectivity index (χ3v) is 3.17. The van der Waals surface area contributed by atoms with E-state index < -0.39 is 16.7 Å². The number of non-ortho nitro benzene ring substituents is 1. The molecule has 0 saturated carbocycles. The van der Waals surface area contributed by atoms with E-state index in [2.05, 4.69) is 5.32 Å². The van der Waals surface area contributed by atoms with Crippen LogP contribution in [0.4, 0.5) is 11.4 Å². The summed E-state index contributed by atoms with van der Waals surface area (Å²) in [6.45, 7) is 0. The minimum Gasteiger partial charge on any atom is -0.321 e. The Morgan fingerprint density at radius 1 is 1.08 bits per heavy atom. The van der Waals surface area contributed by atoms with Crippen LogP contribution in [0.1, 0.15) is 31.1 Å². The maximum Gasteiger partial charge on any atom is 0.269 e. The fourth-order valence-corrected chi connectivity index (χ4v) is 2.03. The molecule has 0 heterocycles. The van der Waals surface area contributed by atoms with Crippen LogP contribution in [-0.2, 0) is 0 Å². The van der Waals surface area contributed by atoms with E-state index in [1.807, 2.05) is 5.43 Å². The highest BCUT2D eigenvalue weighted by Gasteiger charge is 2.18. The van der Waals surface area contributed by atoms with Crippen molar-refractivity contribution in [1.29, 1.82) is 0 Å². The summed E-state index contributed by atoms with van der Waals surface area (Å²) in [6.07, 6.45) is 0.464. The molecule has 2 aromatic carbocycles. The molecule has 0 spiro atoms. The standard InChI is InChI=1S/C15H12N4O5/c16-18-15(22)13-10(8-20)2-1-3-12(13)17-14(21)9-4-6-11(7-5-9)19(23)24/h1-8H,16H2,(H,17,21)(H,18,22). The molecule has 9 heteroatoms. The second kappa shape index (κ2) is 7.11. The van der Waals surface area contributed by atoms with Gasteiger partial charge in [0.05, 0.1) is 16.2 Å². The second-order valence-corrected chi connectivity index (χ2v) is 4.62. The fourth-order valence-electron chi connectivity index (χ4n) is 2.03. The Morgan fingerprint density at radius 2 is 1.75 bits per heavy atom. The van der Waals surface area contributed by atoms with Crippen molar-refractivity contribution in [3.63, 3.8) is 0 Å². The molecule has 0 unspecified atom stereocenters. The van der Waals surface area contributed by atoms with Crippen molar-refractivity contribution in [3.05, 3.63) is 69.3 Å². The average molecular weight is 328 g/mol. The number of rotatable bonds is 5. The summed E-state index contributed by atoms with van der Waals surface area (Å²) in [7, 11) is 0. The first-order valence-electron chi connectivity index (χ1n) is 6.63. The molecular formula is C15H12N4O5. The van der Waals surface area contributed by atoms with Crippen LogP contribution >= 0.6 is 0 Å². The number of carbonyl (C=O) groups is 3. The lowest BCUT2D eigenvalue weighted by Crippen LogP contribution is -2.32. The number of hydrogen-bond donors (Lipinski definition) is 3. The third-order valence-electron chi connectivity index (χ3n) is 3.17. The summed E-state index contributed by atoms with van der Waals surface area (Å²) < 4.78 is 0. The smallest absolute Gasteiger partial charge is 0.269 e. The summed E-state index contributed by atoms with van der Waals surface area (Å²) >= 11 is 0. The molecule has 0 aliphatic heterocycles. The highest BCUT2D eigenvalue weighted by molar-refractivity contribution is 6.11. The molecule has 2 aromatic rings. The molecule has 0 atom stereocenters. The van der Waals surface area contributed by atoms with E-state index in [4.69, 9.17) is 5.84 Å². The molecule has 0 radical (unpaired) electrons. The van der Waals surface area contributed by atoms with Gasteiger partial charge in [-0.05, 0) is 18.2 Å². The molecule has 9 nitrogen and oxygen atoms in total. The number of nitrogens with zero attached hydrogens (tertiary/aromatic N) is 1. The lowest BCUT2D eigenvalue weighted by molar-refractivity contribution is -0.384. The second-order valence-electron chi connectivity index (χ2n) is 4.62. The molecular weight excluding hydrogens is 316 g/mol. The van der Waals surface area contributed by atoms with E-state index in [9.17, 15) is 24.5 Å². The summed E-state index contributed by atoms with van der Waals surface area (Å²) in [5, 5.41) is 13.1. The summed E-state index contributed by atoms with van der Waals surface area (Å²) in [4.78, 5) is 45.1. The Bertz CT molecular complexity index is 817. The predicted molar refractivity (Wildman–Crippen MR) is 84.5 cm³/mol. The van der Waals surface area contributed by atoms with Gasteiger partial charge >= 0.3 is 0 Å². The topological polar surface area (TPSA) is 144 Å².